The summed E-state index contributed by atoms with van der Waals surface area (Å²) < 4.78 is 8.18. The number of halogens is 3. The largest absolute Gasteiger partial charge is 0.443 e. The van der Waals surface area contributed by atoms with Crippen molar-refractivity contribution in [1.29, 1.82) is 0 Å². The lowest BCUT2D eigenvalue weighted by atomic mass is 10.1. The Morgan fingerprint density at radius 3 is 2.41 bits per heavy atom. The minimum atomic E-state index is -1.77. The number of hydrogen-bond acceptors (Lipinski definition) is 3. The molecule has 22 heavy (non-hydrogen) atoms. The number of amidine groups is 1. The predicted molar refractivity (Wildman–Crippen MR) is 84.8 cm³/mol. The third-order valence-electron chi connectivity index (χ3n) is 2.28. The summed E-state index contributed by atoms with van der Waals surface area (Å²) in [6.07, 6.45) is -1.11. The minimum Gasteiger partial charge on any atom is -0.443 e. The highest BCUT2D eigenvalue weighted by Gasteiger charge is 2.22. The van der Waals surface area contributed by atoms with Gasteiger partial charge >= 0.3 is 6.09 Å². The second kappa shape index (κ2) is 8.10. The van der Waals surface area contributed by atoms with Gasteiger partial charge in [-0.1, -0.05) is 53.0 Å². The van der Waals surface area contributed by atoms with Gasteiger partial charge in [-0.15, -0.1) is 4.99 Å². The fraction of sp³-hybridized carbons (Fsp3) is 0.333. The van der Waals surface area contributed by atoms with Gasteiger partial charge < -0.3 is 9.47 Å². The Morgan fingerprint density at radius 2 is 1.91 bits per heavy atom. The Labute approximate surface area is 141 Å². The zero-order chi connectivity index (χ0) is 16.8. The van der Waals surface area contributed by atoms with E-state index in [1.807, 2.05) is 6.07 Å². The summed E-state index contributed by atoms with van der Waals surface area (Å²) in [7, 11) is 0. The molecule has 0 aliphatic rings. The molecule has 0 saturated heterocycles. The van der Waals surface area contributed by atoms with Crippen LogP contribution in [0.5, 0.6) is 5.75 Å². The Morgan fingerprint density at radius 1 is 1.32 bits per heavy atom. The number of amides is 1. The first kappa shape index (κ1) is 18.4. The molecule has 0 radical (unpaired) electrons. The number of aliphatic imine (C=N–C) groups is 1. The van der Waals surface area contributed by atoms with Gasteiger partial charge in [0.1, 0.15) is 12.4 Å². The summed E-state index contributed by atoms with van der Waals surface area (Å²) in [4.78, 5) is 17.4. The van der Waals surface area contributed by atoms with Gasteiger partial charge in [-0.3, -0.25) is 0 Å². The topological polar surface area (TPSA) is 96.6 Å². The van der Waals surface area contributed by atoms with Crippen LogP contribution in [0.1, 0.15) is 11.1 Å². The van der Waals surface area contributed by atoms with Crippen LogP contribution in [0.3, 0.4) is 0 Å². The molecule has 118 valence electrons. The van der Waals surface area contributed by atoms with Crippen molar-refractivity contribution in [3.05, 3.63) is 39.8 Å². The number of hydrogen-bond donors (Lipinski definition) is 0. The number of carbonyl (C=O) groups excluding carboxylic acids is 1. The molecule has 1 rings (SSSR count). The second-order valence-electron chi connectivity index (χ2n) is 4.08. The van der Waals surface area contributed by atoms with Crippen LogP contribution in [0.2, 0.25) is 0 Å². The Hall–Kier alpha value is -1.66. The van der Waals surface area contributed by atoms with Crippen molar-refractivity contribution in [1.82, 2.24) is 0 Å². The lowest BCUT2D eigenvalue weighted by Crippen LogP contribution is -2.17. The zero-order valence-electron chi connectivity index (χ0n) is 11.6. The summed E-state index contributed by atoms with van der Waals surface area (Å²) >= 11 is 16.3. The average molecular weight is 366 g/mol. The third-order valence-corrected chi connectivity index (χ3v) is 2.61. The highest BCUT2D eigenvalue weighted by molar-refractivity contribution is 6.67. The molecule has 0 heterocycles. The van der Waals surface area contributed by atoms with E-state index in [0.29, 0.717) is 5.75 Å². The number of nitrogens with zero attached hydrogens (tertiary/aromatic N) is 4. The van der Waals surface area contributed by atoms with E-state index in [4.69, 9.17) is 45.1 Å². The van der Waals surface area contributed by atoms with E-state index in [0.717, 1.165) is 11.1 Å². The molecular weight excluding hydrogens is 355 g/mol. The van der Waals surface area contributed by atoms with Gasteiger partial charge in [0, 0.05) is 4.91 Å². The van der Waals surface area contributed by atoms with Crippen LogP contribution >= 0.6 is 34.8 Å². The molecule has 0 bridgehead atoms. The molecule has 1 aromatic rings. The summed E-state index contributed by atoms with van der Waals surface area (Å²) in [6.45, 7) is 3.07. The summed E-state index contributed by atoms with van der Waals surface area (Å²) in [6, 6.07) is 4.89. The monoisotopic (exact) mass is 364 g/mol. The molecule has 7 nitrogen and oxygen atoms in total. The smallest absolute Gasteiger partial charge is 0.436 e. The number of carbonyl (C=O) groups is 1. The SMILES string of the molecule is Cc1cccc(C)c1O/C(N=[N+]=[N-])=N/C(=O)OCC(Cl)(Cl)Cl. The lowest BCUT2D eigenvalue weighted by molar-refractivity contribution is 0.159. The summed E-state index contributed by atoms with van der Waals surface area (Å²) in [5.41, 5.74) is 10.1. The molecule has 0 saturated carbocycles. The predicted octanol–water partition coefficient (Wildman–Crippen LogP) is 4.86. The van der Waals surface area contributed by atoms with E-state index in [9.17, 15) is 4.79 Å². The van der Waals surface area contributed by atoms with Crippen LogP contribution < -0.4 is 4.74 Å². The van der Waals surface area contributed by atoms with E-state index in [2.05, 4.69) is 19.8 Å². The van der Waals surface area contributed by atoms with Gasteiger partial charge in [0.25, 0.3) is 6.02 Å². The van der Waals surface area contributed by atoms with Crippen LogP contribution in [0.15, 0.2) is 28.3 Å². The fourth-order valence-electron chi connectivity index (χ4n) is 1.41. The van der Waals surface area contributed by atoms with E-state index in [-0.39, 0.29) is 0 Å². The van der Waals surface area contributed by atoms with Gasteiger partial charge in [0.05, 0.1) is 0 Å². The lowest BCUT2D eigenvalue weighted by Gasteiger charge is -2.11. The molecule has 1 amide bonds. The van der Waals surface area contributed by atoms with Gasteiger partial charge in [-0.2, -0.15) is 0 Å². The van der Waals surface area contributed by atoms with Crippen LogP contribution in [-0.2, 0) is 4.74 Å². The van der Waals surface area contributed by atoms with Gasteiger partial charge in [0.2, 0.25) is 3.79 Å². The van der Waals surface area contributed by atoms with Crippen molar-refractivity contribution in [2.24, 2.45) is 10.1 Å². The molecule has 1 aromatic carbocycles. The number of ether oxygens (including phenoxy) is 2. The van der Waals surface area contributed by atoms with Gasteiger partial charge in [-0.05, 0) is 35.6 Å². The maximum Gasteiger partial charge on any atom is 0.436 e. The molecule has 0 unspecified atom stereocenters. The maximum absolute atomic E-state index is 11.5. The molecule has 0 N–H and O–H groups in total. The third kappa shape index (κ3) is 6.41. The van der Waals surface area contributed by atoms with Crippen molar-refractivity contribution in [2.75, 3.05) is 6.61 Å². The van der Waals surface area contributed by atoms with Gasteiger partial charge in [-0.25, -0.2) is 4.79 Å². The van der Waals surface area contributed by atoms with E-state index in [1.165, 1.54) is 0 Å². The van der Waals surface area contributed by atoms with Crippen molar-refractivity contribution in [3.8, 4) is 5.75 Å². The van der Waals surface area contributed by atoms with E-state index >= 15 is 0 Å². The second-order valence-corrected chi connectivity index (χ2v) is 6.59. The number of para-hydroxylation sites is 1. The Bertz CT molecular complexity index is 617. The van der Waals surface area contributed by atoms with Crippen molar-refractivity contribution >= 4 is 46.9 Å². The van der Waals surface area contributed by atoms with Crippen LogP contribution in [-0.4, -0.2) is 22.5 Å². The summed E-state index contributed by atoms with van der Waals surface area (Å²) in [5, 5.41) is 3.19. The van der Waals surface area contributed by atoms with Gasteiger partial charge in [0.15, 0.2) is 0 Å². The number of benzene rings is 1. The number of aryl methyl sites for hydroxylation is 2. The van der Waals surface area contributed by atoms with E-state index < -0.39 is 22.5 Å². The van der Waals surface area contributed by atoms with Crippen LogP contribution in [0.25, 0.3) is 10.4 Å². The zero-order valence-corrected chi connectivity index (χ0v) is 13.9. The highest BCUT2D eigenvalue weighted by atomic mass is 35.6. The van der Waals surface area contributed by atoms with E-state index in [1.54, 1.807) is 26.0 Å². The van der Waals surface area contributed by atoms with Crippen molar-refractivity contribution in [2.45, 2.75) is 17.6 Å². The van der Waals surface area contributed by atoms with Crippen LogP contribution in [0, 0.1) is 13.8 Å². The molecule has 0 atom stereocenters. The molecule has 0 fully saturated rings. The maximum atomic E-state index is 11.5. The molecule has 0 aliphatic heterocycles. The molecule has 0 aromatic heterocycles. The highest BCUT2D eigenvalue weighted by Crippen LogP contribution is 2.26. The number of azide groups is 1. The van der Waals surface area contributed by atoms with Crippen molar-refractivity contribution < 1.29 is 14.3 Å². The normalized spacial score (nSPS) is 11.6. The first-order valence-corrected chi connectivity index (χ1v) is 6.97. The average Bonchev–Trinajstić information content (AvgIpc) is 2.40. The first-order chi connectivity index (χ1) is 10.2. The summed E-state index contributed by atoms with van der Waals surface area (Å²) in [5.74, 6) is 0.419. The Kier molecular flexibility index (Phi) is 6.77. The molecule has 0 spiro atoms. The van der Waals surface area contributed by atoms with Crippen molar-refractivity contribution in [3.63, 3.8) is 0 Å². The number of alkyl halides is 3. The fourth-order valence-corrected chi connectivity index (χ4v) is 1.57. The Balaban J connectivity index is 2.92. The minimum absolute atomic E-state index is 0.419. The molecule has 10 heteroatoms. The molecular formula is C12H11Cl3N4O3. The molecule has 0 aliphatic carbocycles. The standard InChI is InChI=1S/C12H11Cl3N4O3/c1-7-4-3-5-8(2)9(7)22-10(18-19-16)17-11(20)21-6-12(13,14)15/h3-5H,6H2,1-2H3/b17-10+. The first-order valence-electron chi connectivity index (χ1n) is 5.84. The van der Waals surface area contributed by atoms with Crippen LogP contribution in [0.4, 0.5) is 4.79 Å². The number of rotatable bonds is 2. The quantitative estimate of drug-likeness (QED) is 0.187.